The maximum atomic E-state index is 11.8. The lowest BCUT2D eigenvalue weighted by molar-refractivity contribution is 0.0298. The third-order valence-electron chi connectivity index (χ3n) is 9.23. The van der Waals surface area contributed by atoms with Crippen LogP contribution in [0.2, 0.25) is 0 Å². The molecule has 0 spiro atoms. The molecule has 0 aliphatic carbocycles. The van der Waals surface area contributed by atoms with Crippen molar-refractivity contribution in [1.82, 2.24) is 19.8 Å². The molecule has 2 aromatic carbocycles. The van der Waals surface area contributed by atoms with Gasteiger partial charge in [0.1, 0.15) is 5.82 Å². The van der Waals surface area contributed by atoms with Gasteiger partial charge >= 0.3 is 0 Å². The Kier molecular flexibility index (Phi) is 6.45. The Morgan fingerprint density at radius 2 is 1.59 bits per heavy atom. The van der Waals surface area contributed by atoms with Gasteiger partial charge in [0.05, 0.1) is 15.9 Å². The normalized spacial score (nSPS) is 25.9. The highest BCUT2D eigenvalue weighted by Crippen LogP contribution is 2.41. The standard InChI is InChI=1S/C30H40N4O2S/c1-19(2)34-24-7-8-25(34)18-26(17-24)33-13-11-21(12-14-33)23-15-20(3)29-28(16-23)31-30(32-29)22-5-9-27(10-6-22)37(4,35)36/h5-6,9-10,15-16,19,21,24-26H,7-8,11-14,17-18H2,1-4H3,(H,31,32). The second kappa shape index (κ2) is 9.51. The molecular formula is C30H40N4O2S. The number of hydrogen-bond donors (Lipinski definition) is 1. The van der Waals surface area contributed by atoms with Crippen LogP contribution in [0.5, 0.6) is 0 Å². The van der Waals surface area contributed by atoms with Gasteiger partial charge in [-0.25, -0.2) is 13.4 Å². The number of fused-ring (bicyclic) bond motifs is 3. The average molecular weight is 521 g/mol. The summed E-state index contributed by atoms with van der Waals surface area (Å²) in [5.41, 5.74) is 5.58. The van der Waals surface area contributed by atoms with Gasteiger partial charge in [-0.05, 0) is 120 Å². The molecule has 3 fully saturated rings. The van der Waals surface area contributed by atoms with Crippen molar-refractivity contribution >= 4 is 20.9 Å². The maximum Gasteiger partial charge on any atom is 0.175 e. The summed E-state index contributed by atoms with van der Waals surface area (Å²) in [6.07, 6.45) is 9.17. The summed E-state index contributed by atoms with van der Waals surface area (Å²) in [7, 11) is -3.21. The van der Waals surface area contributed by atoms with Crippen LogP contribution >= 0.6 is 0 Å². The van der Waals surface area contributed by atoms with E-state index in [0.29, 0.717) is 16.9 Å². The van der Waals surface area contributed by atoms with E-state index in [2.05, 4.69) is 47.7 Å². The molecule has 6 nitrogen and oxygen atoms in total. The van der Waals surface area contributed by atoms with E-state index in [-0.39, 0.29) is 0 Å². The van der Waals surface area contributed by atoms with Gasteiger partial charge in [-0.2, -0.15) is 0 Å². The molecule has 3 aliphatic rings. The Labute approximate surface area is 221 Å². The van der Waals surface area contributed by atoms with E-state index >= 15 is 0 Å². The van der Waals surface area contributed by atoms with Gasteiger partial charge in [-0.15, -0.1) is 0 Å². The molecule has 6 rings (SSSR count). The molecule has 3 aromatic rings. The number of aryl methyl sites for hydroxylation is 1. The summed E-state index contributed by atoms with van der Waals surface area (Å²) >= 11 is 0. The van der Waals surface area contributed by atoms with Gasteiger partial charge in [-0.1, -0.05) is 6.07 Å². The van der Waals surface area contributed by atoms with Crippen molar-refractivity contribution in [3.05, 3.63) is 47.5 Å². The van der Waals surface area contributed by atoms with Crippen molar-refractivity contribution in [2.75, 3.05) is 19.3 Å². The molecule has 3 saturated heterocycles. The van der Waals surface area contributed by atoms with Crippen molar-refractivity contribution in [3.8, 4) is 11.4 Å². The Balaban J connectivity index is 1.15. The van der Waals surface area contributed by atoms with Crippen LogP contribution in [-0.2, 0) is 9.84 Å². The van der Waals surface area contributed by atoms with Crippen LogP contribution in [0.25, 0.3) is 22.4 Å². The molecule has 3 aliphatic heterocycles. The van der Waals surface area contributed by atoms with Gasteiger partial charge < -0.3 is 9.88 Å². The third-order valence-corrected chi connectivity index (χ3v) is 10.4. The molecule has 2 atom stereocenters. The molecule has 0 amide bonds. The van der Waals surface area contributed by atoms with Crippen molar-refractivity contribution in [3.63, 3.8) is 0 Å². The molecule has 2 bridgehead atoms. The van der Waals surface area contributed by atoms with E-state index in [1.165, 1.54) is 69.0 Å². The third kappa shape index (κ3) is 4.75. The lowest BCUT2D eigenvalue weighted by Crippen LogP contribution is -2.53. The van der Waals surface area contributed by atoms with Gasteiger partial charge in [-0.3, -0.25) is 4.90 Å². The average Bonchev–Trinajstić information content (AvgIpc) is 3.42. The quantitative estimate of drug-likeness (QED) is 0.479. The Morgan fingerprint density at radius 1 is 0.946 bits per heavy atom. The summed E-state index contributed by atoms with van der Waals surface area (Å²) in [6.45, 7) is 9.29. The molecular weight excluding hydrogens is 480 g/mol. The highest BCUT2D eigenvalue weighted by molar-refractivity contribution is 7.90. The van der Waals surface area contributed by atoms with Crippen molar-refractivity contribution in [1.29, 1.82) is 0 Å². The lowest BCUT2D eigenvalue weighted by atomic mass is 9.86. The fourth-order valence-electron chi connectivity index (χ4n) is 7.47. The van der Waals surface area contributed by atoms with Gasteiger partial charge in [0, 0.05) is 36.0 Å². The molecule has 7 heteroatoms. The predicted octanol–water partition coefficient (Wildman–Crippen LogP) is 5.53. The number of imidazole rings is 1. The van der Waals surface area contributed by atoms with Gasteiger partial charge in [0.15, 0.2) is 9.84 Å². The Hall–Kier alpha value is -2.22. The van der Waals surface area contributed by atoms with E-state index in [4.69, 9.17) is 4.98 Å². The van der Waals surface area contributed by atoms with E-state index < -0.39 is 9.84 Å². The largest absolute Gasteiger partial charge is 0.338 e. The second-order valence-corrected chi connectivity index (χ2v) is 14.0. The van der Waals surface area contributed by atoms with Crippen molar-refractivity contribution in [2.45, 2.75) is 94.3 Å². The SMILES string of the molecule is Cc1cc(C2CCN(C3CC4CCC(C3)N4C(C)C)CC2)cc2[nH]c(-c3ccc(S(C)(=O)=O)cc3)nc12. The number of benzene rings is 2. The van der Waals surface area contributed by atoms with E-state index in [1.807, 2.05) is 12.1 Å². The molecule has 2 unspecified atom stereocenters. The molecule has 198 valence electrons. The van der Waals surface area contributed by atoms with Crippen molar-refractivity contribution < 1.29 is 8.42 Å². The molecule has 0 radical (unpaired) electrons. The number of likely N-dealkylation sites (tertiary alicyclic amines) is 1. The zero-order chi connectivity index (χ0) is 25.9. The first-order chi connectivity index (χ1) is 17.7. The number of nitrogens with zero attached hydrogens (tertiary/aromatic N) is 3. The summed E-state index contributed by atoms with van der Waals surface area (Å²) in [5, 5.41) is 0. The van der Waals surface area contributed by atoms with Gasteiger partial charge in [0.2, 0.25) is 0 Å². The first-order valence-corrected chi connectivity index (χ1v) is 15.9. The molecule has 4 heterocycles. The zero-order valence-electron chi connectivity index (χ0n) is 22.6. The van der Waals surface area contributed by atoms with Crippen LogP contribution in [0, 0.1) is 6.92 Å². The molecule has 1 aromatic heterocycles. The predicted molar refractivity (Wildman–Crippen MR) is 150 cm³/mol. The first-order valence-electron chi connectivity index (χ1n) is 14.0. The summed E-state index contributed by atoms with van der Waals surface area (Å²) < 4.78 is 23.6. The fraction of sp³-hybridized carbons (Fsp3) is 0.567. The van der Waals surface area contributed by atoms with Crippen LogP contribution in [0.15, 0.2) is 41.3 Å². The monoisotopic (exact) mass is 520 g/mol. The van der Waals surface area contributed by atoms with Crippen molar-refractivity contribution in [2.24, 2.45) is 0 Å². The van der Waals surface area contributed by atoms with Gasteiger partial charge in [0.25, 0.3) is 0 Å². The van der Waals surface area contributed by atoms with E-state index in [1.54, 1.807) is 12.1 Å². The summed E-state index contributed by atoms with van der Waals surface area (Å²) in [4.78, 5) is 14.3. The zero-order valence-corrected chi connectivity index (χ0v) is 23.4. The Bertz CT molecular complexity index is 1370. The number of sulfone groups is 1. The maximum absolute atomic E-state index is 11.8. The van der Waals surface area contributed by atoms with Crippen LogP contribution in [0.3, 0.4) is 0 Å². The number of rotatable bonds is 5. The molecule has 0 saturated carbocycles. The minimum Gasteiger partial charge on any atom is -0.338 e. The number of aromatic amines is 1. The fourth-order valence-corrected chi connectivity index (χ4v) is 8.11. The smallest absolute Gasteiger partial charge is 0.175 e. The summed E-state index contributed by atoms with van der Waals surface area (Å²) in [6, 6.07) is 14.6. The lowest BCUT2D eigenvalue weighted by Gasteiger charge is -2.46. The van der Waals surface area contributed by atoms with Crippen LogP contribution in [0.4, 0.5) is 0 Å². The molecule has 1 N–H and O–H groups in total. The number of nitrogens with one attached hydrogen (secondary N) is 1. The highest BCUT2D eigenvalue weighted by Gasteiger charge is 2.43. The summed E-state index contributed by atoms with van der Waals surface area (Å²) in [5.74, 6) is 1.38. The number of hydrogen-bond acceptors (Lipinski definition) is 5. The number of H-pyrrole nitrogens is 1. The second-order valence-electron chi connectivity index (χ2n) is 12.0. The van der Waals surface area contributed by atoms with Crippen LogP contribution in [-0.4, -0.2) is 71.7 Å². The number of piperidine rings is 2. The Morgan fingerprint density at radius 3 is 2.19 bits per heavy atom. The topological polar surface area (TPSA) is 69.3 Å². The van der Waals surface area contributed by atoms with E-state index in [0.717, 1.165) is 40.5 Å². The minimum absolute atomic E-state index is 0.329. The van der Waals surface area contributed by atoms with Crippen LogP contribution in [0.1, 0.15) is 69.4 Å². The minimum atomic E-state index is -3.21. The first kappa shape index (κ1) is 25.1. The molecule has 37 heavy (non-hydrogen) atoms. The highest BCUT2D eigenvalue weighted by atomic mass is 32.2. The van der Waals surface area contributed by atoms with Crippen LogP contribution < -0.4 is 0 Å². The number of aromatic nitrogens is 2. The van der Waals surface area contributed by atoms with E-state index in [9.17, 15) is 8.42 Å².